The van der Waals surface area contributed by atoms with Crippen LogP contribution in [0.15, 0.2) is 0 Å². The molecular formula is C17H35NO. The first-order chi connectivity index (χ1) is 9.36. The largest absolute Gasteiger partial charge is 0.378 e. The Morgan fingerprint density at radius 3 is 2.21 bits per heavy atom. The van der Waals surface area contributed by atoms with Gasteiger partial charge in [0.2, 0.25) is 0 Å². The van der Waals surface area contributed by atoms with Gasteiger partial charge in [0.1, 0.15) is 0 Å². The zero-order valence-electron chi connectivity index (χ0n) is 13.3. The predicted octanol–water partition coefficient (Wildman–Crippen LogP) is 4.67. The second-order valence-corrected chi connectivity index (χ2v) is 6.07. The molecule has 2 heteroatoms. The molecule has 114 valence electrons. The Kier molecular flexibility index (Phi) is 10.5. The van der Waals surface area contributed by atoms with Crippen molar-refractivity contribution in [2.75, 3.05) is 13.2 Å². The van der Waals surface area contributed by atoms with E-state index in [1.807, 2.05) is 0 Å². The maximum absolute atomic E-state index is 6.01. The maximum atomic E-state index is 6.01. The molecule has 0 heterocycles. The zero-order valence-corrected chi connectivity index (χ0v) is 13.3. The van der Waals surface area contributed by atoms with Gasteiger partial charge >= 0.3 is 0 Å². The first-order valence-electron chi connectivity index (χ1n) is 8.71. The van der Waals surface area contributed by atoms with E-state index in [-0.39, 0.29) is 0 Å². The molecule has 1 aliphatic rings. The van der Waals surface area contributed by atoms with Crippen molar-refractivity contribution in [1.82, 2.24) is 5.32 Å². The molecule has 1 rings (SSSR count). The average molecular weight is 269 g/mol. The molecule has 1 fully saturated rings. The van der Waals surface area contributed by atoms with Crippen LogP contribution in [-0.2, 0) is 4.74 Å². The Morgan fingerprint density at radius 1 is 0.842 bits per heavy atom. The number of rotatable bonds is 11. The Balaban J connectivity index is 1.89. The molecule has 1 saturated carbocycles. The van der Waals surface area contributed by atoms with Gasteiger partial charge in [0.15, 0.2) is 0 Å². The number of hydrogen-bond acceptors (Lipinski definition) is 2. The lowest BCUT2D eigenvalue weighted by atomic mass is 9.93. The number of ether oxygens (including phenoxy) is 1. The van der Waals surface area contributed by atoms with E-state index in [9.17, 15) is 0 Å². The smallest absolute Gasteiger partial charge is 0.0576 e. The first-order valence-corrected chi connectivity index (χ1v) is 8.71. The summed E-state index contributed by atoms with van der Waals surface area (Å²) in [6, 6.07) is 0.758. The van der Waals surface area contributed by atoms with Crippen molar-refractivity contribution in [2.45, 2.75) is 96.6 Å². The quantitative estimate of drug-likeness (QED) is 0.550. The Labute approximate surface area is 120 Å². The Morgan fingerprint density at radius 2 is 1.53 bits per heavy atom. The van der Waals surface area contributed by atoms with E-state index in [0.717, 1.165) is 12.6 Å². The molecule has 0 aliphatic heterocycles. The summed E-state index contributed by atoms with van der Waals surface area (Å²) < 4.78 is 6.01. The summed E-state index contributed by atoms with van der Waals surface area (Å²) in [7, 11) is 0. The fourth-order valence-electron chi connectivity index (χ4n) is 2.91. The standard InChI is InChI=1S/C17H35NO/c1-3-5-6-7-8-9-15-19-17-12-10-16(11-13-17)18-14-4-2/h16-18H,3-15H2,1-2H3. The SMILES string of the molecule is CCCCCCCCOC1CCC(NCCC)CC1. The molecule has 0 atom stereocenters. The monoisotopic (exact) mass is 269 g/mol. The van der Waals surface area contributed by atoms with Gasteiger partial charge in [-0.05, 0) is 45.1 Å². The van der Waals surface area contributed by atoms with Crippen molar-refractivity contribution in [3.63, 3.8) is 0 Å². The summed E-state index contributed by atoms with van der Waals surface area (Å²) in [4.78, 5) is 0. The van der Waals surface area contributed by atoms with Crippen LogP contribution in [0.1, 0.15) is 84.5 Å². The summed E-state index contributed by atoms with van der Waals surface area (Å²) in [6.07, 6.45) is 15.1. The van der Waals surface area contributed by atoms with Crippen LogP contribution in [0.4, 0.5) is 0 Å². The predicted molar refractivity (Wildman–Crippen MR) is 83.7 cm³/mol. The summed E-state index contributed by atoms with van der Waals surface area (Å²) in [5.41, 5.74) is 0. The van der Waals surface area contributed by atoms with E-state index in [1.54, 1.807) is 0 Å². The van der Waals surface area contributed by atoms with E-state index in [0.29, 0.717) is 6.10 Å². The lowest BCUT2D eigenvalue weighted by Gasteiger charge is -2.29. The minimum atomic E-state index is 0.551. The number of unbranched alkanes of at least 4 members (excludes halogenated alkanes) is 5. The molecule has 1 aliphatic carbocycles. The molecule has 0 bridgehead atoms. The van der Waals surface area contributed by atoms with Crippen molar-refractivity contribution < 1.29 is 4.74 Å². The fourth-order valence-corrected chi connectivity index (χ4v) is 2.91. The van der Waals surface area contributed by atoms with Crippen molar-refractivity contribution >= 4 is 0 Å². The van der Waals surface area contributed by atoms with Crippen LogP contribution in [0.25, 0.3) is 0 Å². The highest BCUT2D eigenvalue weighted by molar-refractivity contribution is 4.77. The molecule has 0 radical (unpaired) electrons. The highest BCUT2D eigenvalue weighted by Gasteiger charge is 2.20. The van der Waals surface area contributed by atoms with E-state index in [2.05, 4.69) is 19.2 Å². The van der Waals surface area contributed by atoms with Crippen molar-refractivity contribution in [2.24, 2.45) is 0 Å². The van der Waals surface area contributed by atoms with Gasteiger partial charge in [-0.25, -0.2) is 0 Å². The highest BCUT2D eigenvalue weighted by atomic mass is 16.5. The molecule has 2 nitrogen and oxygen atoms in total. The third kappa shape index (κ3) is 8.65. The third-order valence-corrected chi connectivity index (χ3v) is 4.21. The molecule has 0 aromatic carbocycles. The topological polar surface area (TPSA) is 21.3 Å². The molecule has 0 unspecified atom stereocenters. The van der Waals surface area contributed by atoms with Gasteiger partial charge in [-0.1, -0.05) is 46.0 Å². The van der Waals surface area contributed by atoms with Crippen LogP contribution >= 0.6 is 0 Å². The van der Waals surface area contributed by atoms with E-state index in [4.69, 9.17) is 4.74 Å². The van der Waals surface area contributed by atoms with E-state index >= 15 is 0 Å². The fraction of sp³-hybridized carbons (Fsp3) is 1.00. The van der Waals surface area contributed by atoms with Crippen LogP contribution in [-0.4, -0.2) is 25.3 Å². The van der Waals surface area contributed by atoms with Crippen molar-refractivity contribution in [3.8, 4) is 0 Å². The minimum absolute atomic E-state index is 0.551. The van der Waals surface area contributed by atoms with Crippen LogP contribution in [0, 0.1) is 0 Å². The lowest BCUT2D eigenvalue weighted by molar-refractivity contribution is 0.0205. The number of hydrogen-bond donors (Lipinski definition) is 1. The van der Waals surface area contributed by atoms with Crippen LogP contribution in [0.3, 0.4) is 0 Å². The minimum Gasteiger partial charge on any atom is -0.378 e. The normalized spacial score (nSPS) is 23.7. The second-order valence-electron chi connectivity index (χ2n) is 6.07. The molecule has 0 amide bonds. The van der Waals surface area contributed by atoms with Gasteiger partial charge < -0.3 is 10.1 Å². The summed E-state index contributed by atoms with van der Waals surface area (Å²) in [6.45, 7) is 6.68. The molecule has 0 saturated heterocycles. The van der Waals surface area contributed by atoms with Gasteiger partial charge in [0.25, 0.3) is 0 Å². The lowest BCUT2D eigenvalue weighted by Crippen LogP contribution is -2.35. The third-order valence-electron chi connectivity index (χ3n) is 4.21. The molecule has 19 heavy (non-hydrogen) atoms. The van der Waals surface area contributed by atoms with Gasteiger partial charge in [-0.15, -0.1) is 0 Å². The Bertz CT molecular complexity index is 188. The van der Waals surface area contributed by atoms with Gasteiger partial charge in [0.05, 0.1) is 6.10 Å². The van der Waals surface area contributed by atoms with Crippen molar-refractivity contribution in [1.29, 1.82) is 0 Å². The van der Waals surface area contributed by atoms with E-state index < -0.39 is 0 Å². The highest BCUT2D eigenvalue weighted by Crippen LogP contribution is 2.21. The summed E-state index contributed by atoms with van der Waals surface area (Å²) in [5, 5.41) is 3.63. The van der Waals surface area contributed by atoms with Gasteiger partial charge in [0, 0.05) is 12.6 Å². The van der Waals surface area contributed by atoms with Crippen LogP contribution in [0.5, 0.6) is 0 Å². The first kappa shape index (κ1) is 17.0. The number of nitrogens with one attached hydrogen (secondary N) is 1. The summed E-state index contributed by atoms with van der Waals surface area (Å²) in [5.74, 6) is 0. The molecule has 0 aromatic heterocycles. The van der Waals surface area contributed by atoms with E-state index in [1.165, 1.54) is 77.2 Å². The van der Waals surface area contributed by atoms with Gasteiger partial charge in [-0.3, -0.25) is 0 Å². The average Bonchev–Trinajstić information content (AvgIpc) is 2.45. The van der Waals surface area contributed by atoms with Gasteiger partial charge in [-0.2, -0.15) is 0 Å². The Hall–Kier alpha value is -0.0800. The van der Waals surface area contributed by atoms with Crippen LogP contribution in [0.2, 0.25) is 0 Å². The zero-order chi connectivity index (χ0) is 13.8. The van der Waals surface area contributed by atoms with Crippen LogP contribution < -0.4 is 5.32 Å². The second kappa shape index (κ2) is 11.7. The molecule has 1 N–H and O–H groups in total. The molecule has 0 spiro atoms. The summed E-state index contributed by atoms with van der Waals surface area (Å²) >= 11 is 0. The molecule has 0 aromatic rings. The maximum Gasteiger partial charge on any atom is 0.0576 e. The molecular weight excluding hydrogens is 234 g/mol. The van der Waals surface area contributed by atoms with Crippen molar-refractivity contribution in [3.05, 3.63) is 0 Å².